The molecule has 0 radical (unpaired) electrons. The normalized spacial score (nSPS) is 12.7. The van der Waals surface area contributed by atoms with E-state index in [0.29, 0.717) is 17.2 Å². The highest BCUT2D eigenvalue weighted by molar-refractivity contribution is 7.89. The van der Waals surface area contributed by atoms with Crippen LogP contribution in [0, 0.1) is 0 Å². The molecule has 0 fully saturated rings. The van der Waals surface area contributed by atoms with Crippen molar-refractivity contribution in [2.24, 2.45) is 0 Å². The second-order valence-electron chi connectivity index (χ2n) is 5.43. The Bertz CT molecular complexity index is 913. The predicted molar refractivity (Wildman–Crippen MR) is 92.6 cm³/mol. The first kappa shape index (κ1) is 18.0. The number of methoxy groups -OCH3 is 1. The predicted octanol–water partition coefficient (Wildman–Crippen LogP) is 1.02. The van der Waals surface area contributed by atoms with Crippen LogP contribution in [-0.4, -0.2) is 34.8 Å². The van der Waals surface area contributed by atoms with E-state index in [1.807, 2.05) is 18.2 Å². The Morgan fingerprint density at radius 1 is 1.15 bits per heavy atom. The summed E-state index contributed by atoms with van der Waals surface area (Å²) in [6, 6.07) is 11.5. The second kappa shape index (κ2) is 7.63. The largest absolute Gasteiger partial charge is 0.496 e. The third kappa shape index (κ3) is 4.06. The molecule has 0 bridgehead atoms. The average Bonchev–Trinajstić information content (AvgIpc) is 3.12. The lowest BCUT2D eigenvalue weighted by molar-refractivity contribution is -0.120. The fraction of sp³-hybridized carbons (Fsp3) is 0.235. The van der Waals surface area contributed by atoms with Gasteiger partial charge in [0.1, 0.15) is 5.75 Å². The molecule has 0 saturated heterocycles. The third-order valence-electron chi connectivity index (χ3n) is 3.75. The highest BCUT2D eigenvalue weighted by Crippen LogP contribution is 2.33. The molecule has 1 aliphatic heterocycles. The third-order valence-corrected chi connectivity index (χ3v) is 5.14. The average molecular weight is 378 g/mol. The number of ether oxygens (including phenoxy) is 3. The summed E-state index contributed by atoms with van der Waals surface area (Å²) in [6.45, 7) is -0.0991. The first-order valence-corrected chi connectivity index (χ1v) is 9.26. The van der Waals surface area contributed by atoms with E-state index in [-0.39, 0.29) is 24.8 Å². The smallest absolute Gasteiger partial charge is 0.241 e. The molecule has 1 amide bonds. The second-order valence-corrected chi connectivity index (χ2v) is 7.20. The van der Waals surface area contributed by atoms with Crippen molar-refractivity contribution < 1.29 is 27.4 Å². The van der Waals surface area contributed by atoms with Crippen LogP contribution in [0.15, 0.2) is 47.4 Å². The van der Waals surface area contributed by atoms with Gasteiger partial charge in [-0.1, -0.05) is 18.2 Å². The summed E-state index contributed by atoms with van der Waals surface area (Å²) in [7, 11) is -2.30. The van der Waals surface area contributed by atoms with Gasteiger partial charge in [-0.15, -0.1) is 0 Å². The molecule has 26 heavy (non-hydrogen) atoms. The zero-order valence-corrected chi connectivity index (χ0v) is 14.8. The van der Waals surface area contributed by atoms with Crippen LogP contribution in [0.1, 0.15) is 5.56 Å². The molecular weight excluding hydrogens is 360 g/mol. The van der Waals surface area contributed by atoms with E-state index in [9.17, 15) is 13.2 Å². The van der Waals surface area contributed by atoms with E-state index in [0.717, 1.165) is 5.56 Å². The molecule has 1 heterocycles. The van der Waals surface area contributed by atoms with E-state index < -0.39 is 15.9 Å². The number of carbonyl (C=O) groups is 1. The Morgan fingerprint density at radius 3 is 2.73 bits per heavy atom. The number of nitrogens with one attached hydrogen (secondary N) is 2. The molecule has 3 rings (SSSR count). The zero-order chi connectivity index (χ0) is 18.6. The van der Waals surface area contributed by atoms with Crippen LogP contribution >= 0.6 is 0 Å². The molecule has 8 nitrogen and oxygen atoms in total. The minimum Gasteiger partial charge on any atom is -0.496 e. The van der Waals surface area contributed by atoms with Crippen molar-refractivity contribution in [1.29, 1.82) is 0 Å². The SMILES string of the molecule is COc1ccccc1CNC(=O)CNS(=O)(=O)c1ccc2c(c1)OCO2. The topological polar surface area (TPSA) is 103 Å². The Morgan fingerprint density at radius 2 is 1.92 bits per heavy atom. The summed E-state index contributed by atoms with van der Waals surface area (Å²) < 4.78 is 42.4. The number of hydrogen-bond donors (Lipinski definition) is 2. The van der Waals surface area contributed by atoms with Gasteiger partial charge in [-0.3, -0.25) is 4.79 Å². The molecule has 138 valence electrons. The zero-order valence-electron chi connectivity index (χ0n) is 14.0. The Balaban J connectivity index is 1.56. The molecule has 0 atom stereocenters. The van der Waals surface area contributed by atoms with Crippen LogP contribution < -0.4 is 24.2 Å². The lowest BCUT2D eigenvalue weighted by Crippen LogP contribution is -2.36. The molecule has 0 aromatic heterocycles. The summed E-state index contributed by atoms with van der Waals surface area (Å²) >= 11 is 0. The molecule has 0 unspecified atom stereocenters. The van der Waals surface area contributed by atoms with Gasteiger partial charge in [0.15, 0.2) is 11.5 Å². The van der Waals surface area contributed by atoms with Crippen molar-refractivity contribution in [1.82, 2.24) is 10.0 Å². The molecule has 0 saturated carbocycles. The quantitative estimate of drug-likeness (QED) is 0.746. The van der Waals surface area contributed by atoms with Gasteiger partial charge < -0.3 is 19.5 Å². The van der Waals surface area contributed by atoms with Crippen molar-refractivity contribution in [3.8, 4) is 17.2 Å². The van der Waals surface area contributed by atoms with E-state index in [1.54, 1.807) is 13.2 Å². The number of rotatable bonds is 7. The maximum absolute atomic E-state index is 12.3. The van der Waals surface area contributed by atoms with Gasteiger partial charge in [-0.05, 0) is 18.2 Å². The molecule has 2 aromatic carbocycles. The summed E-state index contributed by atoms with van der Waals surface area (Å²) in [6.07, 6.45) is 0. The first-order valence-electron chi connectivity index (χ1n) is 7.77. The van der Waals surface area contributed by atoms with Gasteiger partial charge >= 0.3 is 0 Å². The minimum atomic E-state index is -3.84. The molecule has 9 heteroatoms. The molecular formula is C17H18N2O6S. The molecule has 0 aliphatic carbocycles. The van der Waals surface area contributed by atoms with Gasteiger partial charge in [0, 0.05) is 18.2 Å². The highest BCUT2D eigenvalue weighted by Gasteiger charge is 2.20. The lowest BCUT2D eigenvalue weighted by atomic mass is 10.2. The van der Waals surface area contributed by atoms with Crippen molar-refractivity contribution in [2.75, 3.05) is 20.4 Å². The Labute approximate surface area is 151 Å². The van der Waals surface area contributed by atoms with Gasteiger partial charge in [-0.25, -0.2) is 13.1 Å². The van der Waals surface area contributed by atoms with Crippen molar-refractivity contribution in [2.45, 2.75) is 11.4 Å². The number of fused-ring (bicyclic) bond motifs is 1. The summed E-state index contributed by atoms with van der Waals surface area (Å²) in [5.74, 6) is 1.03. The van der Waals surface area contributed by atoms with Crippen LogP contribution in [0.4, 0.5) is 0 Å². The fourth-order valence-electron chi connectivity index (χ4n) is 2.39. The number of amides is 1. The number of para-hydroxylation sites is 1. The van der Waals surface area contributed by atoms with Crippen LogP contribution in [0.2, 0.25) is 0 Å². The maximum Gasteiger partial charge on any atom is 0.241 e. The van der Waals surface area contributed by atoms with Gasteiger partial charge in [0.05, 0.1) is 18.6 Å². The van der Waals surface area contributed by atoms with Crippen LogP contribution in [0.5, 0.6) is 17.2 Å². The number of hydrogen-bond acceptors (Lipinski definition) is 6. The Hall–Kier alpha value is -2.78. The van der Waals surface area contributed by atoms with E-state index in [1.165, 1.54) is 18.2 Å². The monoisotopic (exact) mass is 378 g/mol. The summed E-state index contributed by atoms with van der Waals surface area (Å²) in [4.78, 5) is 12.0. The highest BCUT2D eigenvalue weighted by atomic mass is 32.2. The lowest BCUT2D eigenvalue weighted by Gasteiger charge is -2.10. The van der Waals surface area contributed by atoms with Gasteiger partial charge in [0.2, 0.25) is 22.7 Å². The molecule has 0 spiro atoms. The molecule has 2 N–H and O–H groups in total. The summed E-state index contributed by atoms with van der Waals surface area (Å²) in [5, 5.41) is 2.65. The number of sulfonamides is 1. The van der Waals surface area contributed by atoms with Crippen molar-refractivity contribution in [3.63, 3.8) is 0 Å². The Kier molecular flexibility index (Phi) is 5.29. The van der Waals surface area contributed by atoms with Gasteiger partial charge in [-0.2, -0.15) is 0 Å². The van der Waals surface area contributed by atoms with Gasteiger partial charge in [0.25, 0.3) is 0 Å². The minimum absolute atomic E-state index is 0.000668. The van der Waals surface area contributed by atoms with Crippen molar-refractivity contribution in [3.05, 3.63) is 48.0 Å². The number of carbonyl (C=O) groups excluding carboxylic acids is 1. The van der Waals surface area contributed by atoms with Crippen LogP contribution in [0.3, 0.4) is 0 Å². The molecule has 1 aliphatic rings. The van der Waals surface area contributed by atoms with Crippen LogP contribution in [0.25, 0.3) is 0 Å². The van der Waals surface area contributed by atoms with Crippen LogP contribution in [-0.2, 0) is 21.4 Å². The molecule has 2 aromatic rings. The van der Waals surface area contributed by atoms with Crippen molar-refractivity contribution >= 4 is 15.9 Å². The maximum atomic E-state index is 12.3. The first-order chi connectivity index (χ1) is 12.5. The summed E-state index contributed by atoms with van der Waals surface area (Å²) in [5.41, 5.74) is 0.793. The van der Waals surface area contributed by atoms with E-state index in [2.05, 4.69) is 10.0 Å². The van der Waals surface area contributed by atoms with E-state index >= 15 is 0 Å². The standard InChI is InChI=1S/C17H18N2O6S/c1-23-14-5-3-2-4-12(14)9-18-17(20)10-19-26(21,22)13-6-7-15-16(8-13)25-11-24-15/h2-8,19H,9-11H2,1H3,(H,18,20). The number of benzene rings is 2. The van der Waals surface area contributed by atoms with E-state index in [4.69, 9.17) is 14.2 Å². The fourth-order valence-corrected chi connectivity index (χ4v) is 3.39.